The van der Waals surface area contributed by atoms with Gasteiger partial charge in [-0.3, -0.25) is 0 Å². The minimum Gasteiger partial charge on any atom is -0.493 e. The summed E-state index contributed by atoms with van der Waals surface area (Å²) in [4.78, 5) is 12.1. The maximum Gasteiger partial charge on any atom is 0.512 e. The maximum atomic E-state index is 12.1. The molecule has 0 bridgehead atoms. The average molecular weight is 580 g/mol. The van der Waals surface area contributed by atoms with Crippen molar-refractivity contribution in [2.75, 3.05) is 13.7 Å². The van der Waals surface area contributed by atoms with Gasteiger partial charge in [-0.05, 0) is 52.6 Å². The van der Waals surface area contributed by atoms with E-state index in [1.165, 1.54) is 0 Å². The van der Waals surface area contributed by atoms with Gasteiger partial charge in [-0.15, -0.1) is 0 Å². The lowest BCUT2D eigenvalue weighted by Gasteiger charge is -2.13. The van der Waals surface area contributed by atoms with Crippen LogP contribution in [0.15, 0.2) is 78.9 Å². The third kappa shape index (κ3) is 4.75. The van der Waals surface area contributed by atoms with Gasteiger partial charge in [0, 0.05) is 17.9 Å². The summed E-state index contributed by atoms with van der Waals surface area (Å²) in [5, 5.41) is 10.6. The fourth-order valence-electron chi connectivity index (χ4n) is 5.42. The normalized spacial score (nSPS) is 12.3. The zero-order chi connectivity index (χ0) is 28.6. The number of fused-ring (bicyclic) bond motifs is 3. The molecule has 2 aromatic heterocycles. The molecular weight excluding hydrogens is 554 g/mol. The molecule has 0 fully saturated rings. The van der Waals surface area contributed by atoms with Crippen LogP contribution in [0.5, 0.6) is 23.1 Å². The molecule has 0 spiro atoms. The molecule has 0 aliphatic carbocycles. The highest BCUT2D eigenvalue weighted by Gasteiger charge is 2.26. The lowest BCUT2D eigenvalue weighted by molar-refractivity contribution is 0.141. The summed E-state index contributed by atoms with van der Waals surface area (Å²) in [6.07, 6.45) is -0.629. The van der Waals surface area contributed by atoms with Crippen LogP contribution in [0.4, 0.5) is 4.79 Å². The smallest absolute Gasteiger partial charge is 0.493 e. The van der Waals surface area contributed by atoms with Crippen LogP contribution in [0.3, 0.4) is 0 Å². The second-order valence-corrected chi connectivity index (χ2v) is 10.5. The molecule has 10 heteroatoms. The largest absolute Gasteiger partial charge is 0.512 e. The summed E-state index contributed by atoms with van der Waals surface area (Å²) >= 11 is 1.15. The monoisotopic (exact) mass is 579 g/mol. The Morgan fingerprint density at radius 2 is 1.83 bits per heavy atom. The maximum absolute atomic E-state index is 12.1. The number of hydrogen-bond donors (Lipinski definition) is 1. The van der Waals surface area contributed by atoms with Gasteiger partial charge in [-0.2, -0.15) is 8.75 Å². The van der Waals surface area contributed by atoms with Gasteiger partial charge in [0.2, 0.25) is 5.88 Å². The molecule has 1 aliphatic rings. The van der Waals surface area contributed by atoms with Gasteiger partial charge in [0.15, 0.2) is 11.5 Å². The van der Waals surface area contributed by atoms with Crippen molar-refractivity contribution in [1.82, 2.24) is 13.3 Å². The van der Waals surface area contributed by atoms with Crippen LogP contribution >= 0.6 is 11.7 Å². The van der Waals surface area contributed by atoms with Gasteiger partial charge >= 0.3 is 6.16 Å². The second kappa shape index (κ2) is 10.7. The topological polar surface area (TPSA) is 105 Å². The van der Waals surface area contributed by atoms with Crippen molar-refractivity contribution in [3.63, 3.8) is 0 Å². The Kier molecular flexibility index (Phi) is 6.59. The molecular formula is C32H25N3O6S. The minimum atomic E-state index is -1.41. The summed E-state index contributed by atoms with van der Waals surface area (Å²) in [7, 11) is 1.59. The molecule has 0 saturated carbocycles. The van der Waals surface area contributed by atoms with Crippen molar-refractivity contribution >= 4 is 39.8 Å². The highest BCUT2D eigenvalue weighted by molar-refractivity contribution is 7.00. The molecule has 0 radical (unpaired) electrons. The molecule has 42 heavy (non-hydrogen) atoms. The van der Waals surface area contributed by atoms with E-state index < -0.39 is 6.16 Å². The Bertz CT molecular complexity index is 1950. The van der Waals surface area contributed by atoms with Crippen LogP contribution < -0.4 is 18.9 Å². The molecule has 210 valence electrons. The number of benzene rings is 4. The molecule has 6 aromatic rings. The van der Waals surface area contributed by atoms with E-state index in [1.807, 2.05) is 83.4 Å². The van der Waals surface area contributed by atoms with Crippen LogP contribution in [0.2, 0.25) is 0 Å². The summed E-state index contributed by atoms with van der Waals surface area (Å²) in [6, 6.07) is 25.3. The first-order chi connectivity index (χ1) is 20.6. The summed E-state index contributed by atoms with van der Waals surface area (Å²) < 4.78 is 33.8. The van der Waals surface area contributed by atoms with Crippen molar-refractivity contribution in [3.8, 4) is 34.3 Å². The third-order valence-corrected chi connectivity index (χ3v) is 7.92. The van der Waals surface area contributed by atoms with Crippen LogP contribution in [-0.4, -0.2) is 38.3 Å². The SMILES string of the molecule is COc1cc2c(-c3ccc4c(c3)CCO4)c(OC(=O)O)n(Cc3ccc4nsnc4c3)c2cc1OCc1ccccc1. The molecule has 0 unspecified atom stereocenters. The van der Waals surface area contributed by atoms with E-state index in [4.69, 9.17) is 18.9 Å². The predicted molar refractivity (Wildman–Crippen MR) is 159 cm³/mol. The molecule has 9 nitrogen and oxygen atoms in total. The number of aromatic nitrogens is 3. The van der Waals surface area contributed by atoms with Gasteiger partial charge in [0.25, 0.3) is 0 Å². The zero-order valence-corrected chi connectivity index (χ0v) is 23.4. The minimum absolute atomic E-state index is 0.204. The van der Waals surface area contributed by atoms with Crippen LogP contribution in [0.1, 0.15) is 16.7 Å². The highest BCUT2D eigenvalue weighted by Crippen LogP contribution is 2.46. The summed E-state index contributed by atoms with van der Waals surface area (Å²) in [5.74, 6) is 2.10. The third-order valence-electron chi connectivity index (χ3n) is 7.36. The molecule has 7 rings (SSSR count). The molecule has 1 N–H and O–H groups in total. The standard InChI is InChI=1S/C32H25N3O6S/c1-38-28-15-23-26(16-29(28)40-18-19-5-3-2-4-6-19)35(17-20-7-9-24-25(13-20)34-42-33-24)31(41-32(36)37)30(23)22-8-10-27-21(14-22)11-12-39-27/h2-10,13-16H,11-12,17-18H2,1H3,(H,36,37). The van der Waals surface area contributed by atoms with Crippen molar-refractivity contribution in [2.24, 2.45) is 0 Å². The van der Waals surface area contributed by atoms with Crippen molar-refractivity contribution in [3.05, 3.63) is 95.6 Å². The number of hydrogen-bond acceptors (Lipinski definition) is 8. The van der Waals surface area contributed by atoms with Crippen LogP contribution in [0, 0.1) is 0 Å². The number of methoxy groups -OCH3 is 1. The van der Waals surface area contributed by atoms with Crippen molar-refractivity contribution < 1.29 is 28.8 Å². The number of ether oxygens (including phenoxy) is 4. The molecule has 4 aromatic carbocycles. The van der Waals surface area contributed by atoms with Gasteiger partial charge < -0.3 is 28.6 Å². The Hall–Kier alpha value is -5.09. The molecule has 0 saturated heterocycles. The molecule has 3 heterocycles. The summed E-state index contributed by atoms with van der Waals surface area (Å²) in [5.41, 5.74) is 6.77. The average Bonchev–Trinajstić information content (AvgIpc) is 3.73. The van der Waals surface area contributed by atoms with Gasteiger partial charge in [0.1, 0.15) is 23.4 Å². The number of nitrogens with zero attached hydrogens (tertiary/aromatic N) is 3. The van der Waals surface area contributed by atoms with E-state index in [9.17, 15) is 9.90 Å². The van der Waals surface area contributed by atoms with E-state index in [2.05, 4.69) is 8.75 Å². The van der Waals surface area contributed by atoms with E-state index in [1.54, 1.807) is 7.11 Å². The van der Waals surface area contributed by atoms with E-state index in [-0.39, 0.29) is 5.88 Å². The van der Waals surface area contributed by atoms with E-state index in [0.29, 0.717) is 36.8 Å². The van der Waals surface area contributed by atoms with Crippen molar-refractivity contribution in [2.45, 2.75) is 19.6 Å². The fourth-order valence-corrected chi connectivity index (χ4v) is 5.93. The van der Waals surface area contributed by atoms with Gasteiger partial charge in [-0.25, -0.2) is 4.79 Å². The Morgan fingerprint density at radius 3 is 2.67 bits per heavy atom. The van der Waals surface area contributed by atoms with Crippen LogP contribution in [-0.2, 0) is 19.6 Å². The lowest BCUT2D eigenvalue weighted by Crippen LogP contribution is -2.10. The first-order valence-electron chi connectivity index (χ1n) is 13.4. The second-order valence-electron chi connectivity index (χ2n) is 9.94. The first kappa shape index (κ1) is 25.8. The Labute approximate surface area is 244 Å². The first-order valence-corrected chi connectivity index (χ1v) is 14.1. The number of carbonyl (C=O) groups is 1. The predicted octanol–water partition coefficient (Wildman–Crippen LogP) is 6.94. The molecule has 0 amide bonds. The Morgan fingerprint density at radius 1 is 0.976 bits per heavy atom. The van der Waals surface area contributed by atoms with Gasteiger partial charge in [0.05, 0.1) is 43.1 Å². The van der Waals surface area contributed by atoms with Crippen molar-refractivity contribution in [1.29, 1.82) is 0 Å². The fraction of sp³-hybridized carbons (Fsp3) is 0.156. The van der Waals surface area contributed by atoms with Crippen LogP contribution in [0.25, 0.3) is 33.1 Å². The highest BCUT2D eigenvalue weighted by atomic mass is 32.1. The molecule has 1 aliphatic heterocycles. The number of rotatable bonds is 8. The lowest BCUT2D eigenvalue weighted by atomic mass is 10.0. The Balaban J connectivity index is 1.43. The van der Waals surface area contributed by atoms with Gasteiger partial charge in [-0.1, -0.05) is 42.5 Å². The molecule has 0 atom stereocenters. The van der Waals surface area contributed by atoms with E-state index >= 15 is 0 Å². The summed E-state index contributed by atoms with van der Waals surface area (Å²) in [6.45, 7) is 1.28. The zero-order valence-electron chi connectivity index (χ0n) is 22.6. The quantitative estimate of drug-likeness (QED) is 0.193. The number of carboxylic acid groups (broad SMARTS) is 1. The van der Waals surface area contributed by atoms with E-state index in [0.717, 1.165) is 68.1 Å².